The van der Waals surface area contributed by atoms with Gasteiger partial charge in [-0.1, -0.05) is 0 Å². The van der Waals surface area contributed by atoms with Crippen LogP contribution in [0.5, 0.6) is 0 Å². The minimum absolute atomic E-state index is 0.0368. The van der Waals surface area contributed by atoms with Gasteiger partial charge in [-0.3, -0.25) is 4.79 Å². The molecule has 2 N–H and O–H groups in total. The lowest BCUT2D eigenvalue weighted by Gasteiger charge is -2.07. The average Bonchev–Trinajstić information content (AvgIpc) is 2.15. The van der Waals surface area contributed by atoms with Crippen molar-refractivity contribution in [2.24, 2.45) is 0 Å². The molecule has 3 nitrogen and oxygen atoms in total. The Kier molecular flexibility index (Phi) is 7.97. The van der Waals surface area contributed by atoms with E-state index in [0.717, 1.165) is 0 Å². The first kappa shape index (κ1) is 15.2. The molecular weight excluding hydrogens is 221 g/mol. The van der Waals surface area contributed by atoms with Crippen LogP contribution in [0.3, 0.4) is 0 Å². The van der Waals surface area contributed by atoms with Crippen molar-refractivity contribution >= 4 is 5.91 Å². The van der Waals surface area contributed by atoms with Gasteiger partial charge >= 0.3 is 6.18 Å². The Bertz CT molecular complexity index is 195. The van der Waals surface area contributed by atoms with E-state index in [0.29, 0.717) is 32.5 Å². The third kappa shape index (κ3) is 11.3. The van der Waals surface area contributed by atoms with E-state index in [4.69, 9.17) is 0 Å². The van der Waals surface area contributed by atoms with Crippen LogP contribution in [0.25, 0.3) is 0 Å². The number of carbonyl (C=O) groups excluding carboxylic acids is 1. The van der Waals surface area contributed by atoms with E-state index in [1.165, 1.54) is 0 Å². The van der Waals surface area contributed by atoms with Crippen LogP contribution in [0.1, 0.15) is 32.6 Å². The Morgan fingerprint density at radius 1 is 1.19 bits per heavy atom. The first-order valence-electron chi connectivity index (χ1n) is 5.50. The zero-order valence-corrected chi connectivity index (χ0v) is 9.49. The first-order chi connectivity index (χ1) is 7.45. The maximum Gasteiger partial charge on any atom is 0.389 e. The quantitative estimate of drug-likeness (QED) is 0.635. The molecule has 0 saturated heterocycles. The molecule has 0 aliphatic carbocycles. The summed E-state index contributed by atoms with van der Waals surface area (Å²) in [6, 6.07) is 0. The van der Waals surface area contributed by atoms with Crippen LogP contribution in [0.2, 0.25) is 0 Å². The number of hydrogen-bond donors (Lipinski definition) is 2. The Hall–Kier alpha value is -0.780. The van der Waals surface area contributed by atoms with Gasteiger partial charge in [0.25, 0.3) is 0 Å². The lowest BCUT2D eigenvalue weighted by Crippen LogP contribution is -2.27. The maximum atomic E-state index is 11.7. The van der Waals surface area contributed by atoms with Crippen molar-refractivity contribution in [3.05, 3.63) is 0 Å². The minimum atomic E-state index is -4.05. The van der Waals surface area contributed by atoms with Crippen LogP contribution in [0, 0.1) is 0 Å². The number of amides is 1. The van der Waals surface area contributed by atoms with Gasteiger partial charge in [0.05, 0.1) is 0 Å². The number of halogens is 3. The van der Waals surface area contributed by atoms with Crippen LogP contribution in [-0.4, -0.2) is 31.7 Å². The predicted octanol–water partition coefficient (Wildman–Crippen LogP) is 1.83. The summed E-state index contributed by atoms with van der Waals surface area (Å²) < 4.78 is 35.2. The van der Waals surface area contributed by atoms with Crippen LogP contribution in [0.15, 0.2) is 0 Å². The van der Waals surface area contributed by atoms with Crippen molar-refractivity contribution in [2.75, 3.05) is 19.6 Å². The highest BCUT2D eigenvalue weighted by molar-refractivity contribution is 5.75. The molecule has 0 aliphatic rings. The summed E-state index contributed by atoms with van der Waals surface area (Å²) in [4.78, 5) is 11.0. The summed E-state index contributed by atoms with van der Waals surface area (Å²) >= 11 is 0. The zero-order chi connectivity index (χ0) is 12.4. The molecule has 1 amide bonds. The molecule has 0 aromatic heterocycles. The fraction of sp³-hybridized carbons (Fsp3) is 0.900. The van der Waals surface area contributed by atoms with Gasteiger partial charge in [0.2, 0.25) is 5.91 Å². The van der Waals surface area contributed by atoms with E-state index in [1.54, 1.807) is 0 Å². The fourth-order valence-corrected chi connectivity index (χ4v) is 1.19. The molecule has 0 heterocycles. The van der Waals surface area contributed by atoms with Gasteiger partial charge < -0.3 is 10.6 Å². The molecule has 0 saturated carbocycles. The van der Waals surface area contributed by atoms with E-state index in [2.05, 4.69) is 10.6 Å². The summed E-state index contributed by atoms with van der Waals surface area (Å²) in [5, 5.41) is 5.57. The number of hydrogen-bond acceptors (Lipinski definition) is 2. The van der Waals surface area contributed by atoms with E-state index >= 15 is 0 Å². The van der Waals surface area contributed by atoms with E-state index in [-0.39, 0.29) is 12.3 Å². The van der Waals surface area contributed by atoms with Crippen molar-refractivity contribution in [1.29, 1.82) is 0 Å². The van der Waals surface area contributed by atoms with Crippen LogP contribution >= 0.6 is 0 Å². The molecule has 16 heavy (non-hydrogen) atoms. The molecule has 96 valence electrons. The second kappa shape index (κ2) is 8.38. The number of nitrogens with one attached hydrogen (secondary N) is 2. The largest absolute Gasteiger partial charge is 0.389 e. The monoisotopic (exact) mass is 240 g/mol. The Morgan fingerprint density at radius 3 is 2.44 bits per heavy atom. The molecule has 0 aliphatic heterocycles. The smallest absolute Gasteiger partial charge is 0.356 e. The van der Waals surface area contributed by atoms with Crippen molar-refractivity contribution in [3.8, 4) is 0 Å². The third-order valence-corrected chi connectivity index (χ3v) is 1.97. The van der Waals surface area contributed by atoms with Crippen LogP contribution in [-0.2, 0) is 4.79 Å². The number of alkyl halides is 3. The second-order valence-electron chi connectivity index (χ2n) is 3.53. The lowest BCUT2D eigenvalue weighted by molar-refractivity contribution is -0.135. The summed E-state index contributed by atoms with van der Waals surface area (Å²) in [5.74, 6) is -0.0368. The molecule has 0 spiro atoms. The van der Waals surface area contributed by atoms with Gasteiger partial charge in [-0.2, -0.15) is 13.2 Å². The van der Waals surface area contributed by atoms with Crippen molar-refractivity contribution in [3.63, 3.8) is 0 Å². The molecule has 6 heteroatoms. The summed E-state index contributed by atoms with van der Waals surface area (Å²) in [7, 11) is 0. The van der Waals surface area contributed by atoms with E-state index in [9.17, 15) is 18.0 Å². The third-order valence-electron chi connectivity index (χ3n) is 1.97. The predicted molar refractivity (Wildman–Crippen MR) is 56.1 cm³/mol. The normalized spacial score (nSPS) is 11.5. The van der Waals surface area contributed by atoms with Gasteiger partial charge in [0, 0.05) is 25.9 Å². The van der Waals surface area contributed by atoms with Crippen molar-refractivity contribution < 1.29 is 18.0 Å². The number of rotatable bonds is 8. The molecule has 0 rings (SSSR count). The molecule has 0 aromatic carbocycles. The number of unbranched alkanes of at least 4 members (excludes halogenated alkanes) is 1. The van der Waals surface area contributed by atoms with Gasteiger partial charge in [-0.25, -0.2) is 0 Å². The summed E-state index contributed by atoms with van der Waals surface area (Å²) in [5.41, 5.74) is 0. The lowest BCUT2D eigenvalue weighted by atomic mass is 10.2. The average molecular weight is 240 g/mol. The Labute approximate surface area is 93.8 Å². The second-order valence-corrected chi connectivity index (χ2v) is 3.53. The topological polar surface area (TPSA) is 41.1 Å². The van der Waals surface area contributed by atoms with Crippen molar-refractivity contribution in [1.82, 2.24) is 10.6 Å². The molecule has 0 unspecified atom stereocenters. The highest BCUT2D eigenvalue weighted by Crippen LogP contribution is 2.21. The molecule has 0 bridgehead atoms. The highest BCUT2D eigenvalue weighted by Gasteiger charge is 2.25. The fourth-order valence-electron chi connectivity index (χ4n) is 1.19. The summed E-state index contributed by atoms with van der Waals surface area (Å²) in [6.45, 7) is 3.47. The molecule has 0 fully saturated rings. The SMILES string of the molecule is CCNC(=O)CCNCCCCC(F)(F)F. The van der Waals surface area contributed by atoms with Crippen molar-refractivity contribution in [2.45, 2.75) is 38.8 Å². The minimum Gasteiger partial charge on any atom is -0.356 e. The van der Waals surface area contributed by atoms with Gasteiger partial charge in [-0.15, -0.1) is 0 Å². The van der Waals surface area contributed by atoms with Gasteiger partial charge in [-0.05, 0) is 26.3 Å². The standard InChI is InChI=1S/C10H19F3N2O/c1-2-15-9(16)5-8-14-7-4-3-6-10(11,12)13/h14H,2-8H2,1H3,(H,15,16). The first-order valence-corrected chi connectivity index (χ1v) is 5.50. The molecule has 0 radical (unpaired) electrons. The Balaban J connectivity index is 3.19. The zero-order valence-electron chi connectivity index (χ0n) is 9.49. The maximum absolute atomic E-state index is 11.7. The summed E-state index contributed by atoms with van der Waals surface area (Å²) in [6.07, 6.45) is -3.80. The molecule has 0 aromatic rings. The Morgan fingerprint density at radius 2 is 1.88 bits per heavy atom. The van der Waals surface area contributed by atoms with E-state index < -0.39 is 12.6 Å². The molecule has 0 atom stereocenters. The van der Waals surface area contributed by atoms with E-state index in [1.807, 2.05) is 6.92 Å². The highest BCUT2D eigenvalue weighted by atomic mass is 19.4. The van der Waals surface area contributed by atoms with Gasteiger partial charge in [0.1, 0.15) is 0 Å². The number of carbonyl (C=O) groups is 1. The molecular formula is C10H19F3N2O. The van der Waals surface area contributed by atoms with Gasteiger partial charge in [0.15, 0.2) is 0 Å². The van der Waals surface area contributed by atoms with Crippen LogP contribution < -0.4 is 10.6 Å². The van der Waals surface area contributed by atoms with Crippen LogP contribution in [0.4, 0.5) is 13.2 Å².